The highest BCUT2D eigenvalue weighted by molar-refractivity contribution is 7.20. The third-order valence-corrected chi connectivity index (χ3v) is 3.90. The van der Waals surface area contributed by atoms with Crippen molar-refractivity contribution in [1.82, 2.24) is 5.32 Å². The van der Waals surface area contributed by atoms with Crippen LogP contribution < -0.4 is 5.32 Å². The summed E-state index contributed by atoms with van der Waals surface area (Å²) in [5.41, 5.74) is 0. The predicted octanol–water partition coefficient (Wildman–Crippen LogP) is 3.96. The molecule has 0 unspecified atom stereocenters. The summed E-state index contributed by atoms with van der Waals surface area (Å²) in [6.07, 6.45) is 3.23. The van der Waals surface area contributed by atoms with E-state index < -0.39 is 0 Å². The molecule has 2 nitrogen and oxygen atoms in total. The molecule has 0 aliphatic rings. The molecule has 0 fully saturated rings. The maximum absolute atomic E-state index is 13.5. The van der Waals surface area contributed by atoms with Crippen LogP contribution in [-0.4, -0.2) is 12.5 Å². The molecule has 0 aliphatic carbocycles. The molecule has 1 N–H and O–H groups in total. The van der Waals surface area contributed by atoms with E-state index in [0.717, 1.165) is 24.0 Å². The lowest BCUT2D eigenvalue weighted by Gasteiger charge is -2.01. The molecule has 1 aromatic heterocycles. The minimum atomic E-state index is -0.270. The Balaban J connectivity index is 2.06. The Hall–Kier alpha value is -1.42. The van der Waals surface area contributed by atoms with E-state index in [9.17, 15) is 9.18 Å². The lowest BCUT2D eigenvalue weighted by molar-refractivity contribution is 0.0957. The topological polar surface area (TPSA) is 29.1 Å². The van der Waals surface area contributed by atoms with Crippen molar-refractivity contribution < 1.29 is 9.18 Å². The van der Waals surface area contributed by atoms with Crippen LogP contribution in [0.4, 0.5) is 4.39 Å². The Labute approximate surface area is 110 Å². The number of amides is 1. The zero-order valence-corrected chi connectivity index (χ0v) is 11.1. The van der Waals surface area contributed by atoms with Gasteiger partial charge in [-0.25, -0.2) is 4.39 Å². The van der Waals surface area contributed by atoms with Crippen molar-refractivity contribution in [3.05, 3.63) is 35.0 Å². The third kappa shape index (κ3) is 2.88. The fourth-order valence-electron chi connectivity index (χ4n) is 1.80. The molecule has 1 amide bonds. The monoisotopic (exact) mass is 265 g/mol. The van der Waals surface area contributed by atoms with Gasteiger partial charge >= 0.3 is 0 Å². The Bertz CT molecular complexity index is 550. The molecule has 1 aromatic carbocycles. The van der Waals surface area contributed by atoms with Crippen LogP contribution in [0.5, 0.6) is 0 Å². The second kappa shape index (κ2) is 5.96. The second-order valence-electron chi connectivity index (χ2n) is 4.23. The highest BCUT2D eigenvalue weighted by Gasteiger charge is 2.11. The molecular formula is C14H16FNOS. The normalized spacial score (nSPS) is 10.8. The quantitative estimate of drug-likeness (QED) is 0.815. The van der Waals surface area contributed by atoms with Crippen molar-refractivity contribution in [2.45, 2.75) is 26.2 Å². The lowest BCUT2D eigenvalue weighted by atomic mass is 10.2. The van der Waals surface area contributed by atoms with Crippen molar-refractivity contribution in [3.63, 3.8) is 0 Å². The van der Waals surface area contributed by atoms with Crippen LogP contribution in [0.25, 0.3) is 10.1 Å². The molecule has 0 atom stereocenters. The number of thiophene rings is 1. The van der Waals surface area contributed by atoms with Crippen molar-refractivity contribution in [2.24, 2.45) is 0 Å². The van der Waals surface area contributed by atoms with Gasteiger partial charge in [0.1, 0.15) is 5.82 Å². The molecule has 4 heteroatoms. The number of benzene rings is 1. The minimum Gasteiger partial charge on any atom is -0.351 e. The van der Waals surface area contributed by atoms with Crippen LogP contribution in [0.15, 0.2) is 24.3 Å². The van der Waals surface area contributed by atoms with Crippen LogP contribution in [0, 0.1) is 5.82 Å². The number of carbonyl (C=O) groups is 1. The standard InChI is InChI=1S/C14H16FNOS/c1-2-3-4-8-16-14(17)13-9-10-11(15)6-5-7-12(10)18-13/h5-7,9H,2-4,8H2,1H3,(H,16,17). The highest BCUT2D eigenvalue weighted by Crippen LogP contribution is 2.27. The summed E-state index contributed by atoms with van der Waals surface area (Å²) < 4.78 is 14.3. The fraction of sp³-hybridized carbons (Fsp3) is 0.357. The maximum atomic E-state index is 13.5. The fourth-order valence-corrected chi connectivity index (χ4v) is 2.79. The molecule has 1 heterocycles. The highest BCUT2D eigenvalue weighted by atomic mass is 32.1. The summed E-state index contributed by atoms with van der Waals surface area (Å²) in [5, 5.41) is 3.39. The van der Waals surface area contributed by atoms with Gasteiger partial charge in [-0.2, -0.15) is 0 Å². The molecule has 2 rings (SSSR count). The minimum absolute atomic E-state index is 0.105. The van der Waals surface area contributed by atoms with Gasteiger partial charge in [0.15, 0.2) is 0 Å². The molecule has 2 aromatic rings. The first-order chi connectivity index (χ1) is 8.72. The Morgan fingerprint density at radius 1 is 1.39 bits per heavy atom. The van der Waals surface area contributed by atoms with Crippen LogP contribution in [0.3, 0.4) is 0 Å². The first-order valence-corrected chi connectivity index (χ1v) is 7.00. The van der Waals surface area contributed by atoms with E-state index in [-0.39, 0.29) is 11.7 Å². The van der Waals surface area contributed by atoms with Crippen LogP contribution in [0.1, 0.15) is 35.9 Å². The van der Waals surface area contributed by atoms with Gasteiger partial charge in [0.05, 0.1) is 4.88 Å². The van der Waals surface area contributed by atoms with Crippen molar-refractivity contribution in [3.8, 4) is 0 Å². The van der Waals surface area contributed by atoms with Gasteiger partial charge in [-0.1, -0.05) is 25.8 Å². The lowest BCUT2D eigenvalue weighted by Crippen LogP contribution is -2.23. The summed E-state index contributed by atoms with van der Waals surface area (Å²) >= 11 is 1.33. The zero-order chi connectivity index (χ0) is 13.0. The van der Waals surface area contributed by atoms with Gasteiger partial charge < -0.3 is 5.32 Å². The summed E-state index contributed by atoms with van der Waals surface area (Å²) in [6.45, 7) is 2.81. The van der Waals surface area contributed by atoms with E-state index in [1.807, 2.05) is 6.07 Å². The van der Waals surface area contributed by atoms with Gasteiger partial charge in [-0.05, 0) is 24.6 Å². The van der Waals surface area contributed by atoms with E-state index in [2.05, 4.69) is 12.2 Å². The van der Waals surface area contributed by atoms with E-state index in [4.69, 9.17) is 0 Å². The first kappa shape index (κ1) is 13.0. The molecule has 0 aliphatic heterocycles. The molecule has 0 radical (unpaired) electrons. The number of hydrogen-bond acceptors (Lipinski definition) is 2. The molecule has 18 heavy (non-hydrogen) atoms. The van der Waals surface area contributed by atoms with Crippen molar-refractivity contribution >= 4 is 27.3 Å². The number of nitrogens with one attached hydrogen (secondary N) is 1. The van der Waals surface area contributed by atoms with Gasteiger partial charge in [0, 0.05) is 16.6 Å². The number of carbonyl (C=O) groups excluding carboxylic acids is 1. The van der Waals surface area contributed by atoms with E-state index >= 15 is 0 Å². The van der Waals surface area contributed by atoms with Crippen LogP contribution in [0.2, 0.25) is 0 Å². The predicted molar refractivity (Wildman–Crippen MR) is 73.6 cm³/mol. The maximum Gasteiger partial charge on any atom is 0.261 e. The number of rotatable bonds is 5. The van der Waals surface area contributed by atoms with Crippen LogP contribution >= 0.6 is 11.3 Å². The molecule has 0 bridgehead atoms. The van der Waals surface area contributed by atoms with Crippen LogP contribution in [-0.2, 0) is 0 Å². The molecule has 0 spiro atoms. The number of halogens is 1. The Morgan fingerprint density at radius 3 is 2.94 bits per heavy atom. The number of hydrogen-bond donors (Lipinski definition) is 1. The van der Waals surface area contributed by atoms with Crippen molar-refractivity contribution in [1.29, 1.82) is 0 Å². The van der Waals surface area contributed by atoms with Gasteiger partial charge in [0.2, 0.25) is 0 Å². The SMILES string of the molecule is CCCCCNC(=O)c1cc2c(F)cccc2s1. The molecule has 96 valence electrons. The number of fused-ring (bicyclic) bond motifs is 1. The largest absolute Gasteiger partial charge is 0.351 e. The summed E-state index contributed by atoms with van der Waals surface area (Å²) in [6, 6.07) is 6.54. The molecule has 0 saturated heterocycles. The number of unbranched alkanes of at least 4 members (excludes halogenated alkanes) is 2. The summed E-state index contributed by atoms with van der Waals surface area (Å²) in [5.74, 6) is -0.375. The average Bonchev–Trinajstić information content (AvgIpc) is 2.80. The van der Waals surface area contributed by atoms with E-state index in [0.29, 0.717) is 16.8 Å². The van der Waals surface area contributed by atoms with E-state index in [1.165, 1.54) is 17.4 Å². The average molecular weight is 265 g/mol. The summed E-state index contributed by atoms with van der Waals surface area (Å²) in [7, 11) is 0. The molecular weight excluding hydrogens is 249 g/mol. The third-order valence-electron chi connectivity index (χ3n) is 2.80. The summed E-state index contributed by atoms with van der Waals surface area (Å²) in [4.78, 5) is 12.4. The first-order valence-electron chi connectivity index (χ1n) is 6.18. The van der Waals surface area contributed by atoms with Gasteiger partial charge in [-0.3, -0.25) is 4.79 Å². The second-order valence-corrected chi connectivity index (χ2v) is 5.31. The Morgan fingerprint density at radius 2 is 2.22 bits per heavy atom. The van der Waals surface area contributed by atoms with E-state index in [1.54, 1.807) is 12.1 Å². The van der Waals surface area contributed by atoms with Crippen molar-refractivity contribution in [2.75, 3.05) is 6.54 Å². The Kier molecular flexibility index (Phi) is 4.31. The smallest absolute Gasteiger partial charge is 0.261 e. The molecule has 0 saturated carbocycles. The van der Waals surface area contributed by atoms with Gasteiger partial charge in [0.25, 0.3) is 5.91 Å². The van der Waals surface area contributed by atoms with Gasteiger partial charge in [-0.15, -0.1) is 11.3 Å². The zero-order valence-electron chi connectivity index (χ0n) is 10.3.